The molecule has 1 atom stereocenters. The maximum Gasteiger partial charge on any atom is 0.245 e. The van der Waals surface area contributed by atoms with Crippen LogP contribution in [0.4, 0.5) is 0 Å². The van der Waals surface area contributed by atoms with E-state index in [1.54, 1.807) is 17.3 Å². The maximum atomic E-state index is 12.3. The molecule has 4 rings (SSSR count). The first-order valence-electron chi connectivity index (χ1n) is 7.36. The molecule has 1 aromatic carbocycles. The predicted molar refractivity (Wildman–Crippen MR) is 84.3 cm³/mol. The number of imidazole rings is 1. The number of likely N-dealkylation sites (tertiary alicyclic amines) is 1. The molecule has 0 radical (unpaired) electrons. The molecule has 0 aliphatic carbocycles. The number of nitrogens with zero attached hydrogens (tertiary/aromatic N) is 4. The van der Waals surface area contributed by atoms with Crippen molar-refractivity contribution in [3.63, 3.8) is 0 Å². The summed E-state index contributed by atoms with van der Waals surface area (Å²) in [6.45, 7) is 0.792. The van der Waals surface area contributed by atoms with Gasteiger partial charge in [0.2, 0.25) is 5.91 Å². The molecule has 0 N–H and O–H groups in total. The lowest BCUT2D eigenvalue weighted by atomic mass is 10.1. The lowest BCUT2D eigenvalue weighted by molar-refractivity contribution is -0.129. The molecule has 5 nitrogen and oxygen atoms in total. The Balaban J connectivity index is 1.87. The number of benzene rings is 1. The Labute approximate surface area is 128 Å². The van der Waals surface area contributed by atoms with Crippen molar-refractivity contribution in [2.75, 3.05) is 13.6 Å². The van der Waals surface area contributed by atoms with Gasteiger partial charge in [-0.2, -0.15) is 0 Å². The summed E-state index contributed by atoms with van der Waals surface area (Å²) < 4.78 is 2.00. The second-order valence-corrected chi connectivity index (χ2v) is 5.62. The van der Waals surface area contributed by atoms with Gasteiger partial charge in [-0.05, 0) is 17.9 Å². The van der Waals surface area contributed by atoms with Crippen molar-refractivity contribution in [3.8, 4) is 11.4 Å². The Morgan fingerprint density at radius 2 is 2.14 bits per heavy atom. The van der Waals surface area contributed by atoms with E-state index in [0.29, 0.717) is 0 Å². The Kier molecular flexibility index (Phi) is 2.92. The summed E-state index contributed by atoms with van der Waals surface area (Å²) in [4.78, 5) is 22.8. The zero-order valence-corrected chi connectivity index (χ0v) is 12.3. The number of hydrogen-bond donors (Lipinski definition) is 0. The van der Waals surface area contributed by atoms with E-state index in [0.717, 1.165) is 35.1 Å². The van der Waals surface area contributed by atoms with Crippen LogP contribution in [0.1, 0.15) is 12.5 Å². The Morgan fingerprint density at radius 3 is 2.95 bits per heavy atom. The smallest absolute Gasteiger partial charge is 0.245 e. The summed E-state index contributed by atoms with van der Waals surface area (Å²) in [6, 6.07) is 7.92. The van der Waals surface area contributed by atoms with Gasteiger partial charge in [0.15, 0.2) is 0 Å². The molecule has 110 valence electrons. The zero-order chi connectivity index (χ0) is 15.1. The van der Waals surface area contributed by atoms with Crippen molar-refractivity contribution in [2.24, 2.45) is 0 Å². The Bertz CT molecular complexity index is 849. The molecule has 22 heavy (non-hydrogen) atoms. The van der Waals surface area contributed by atoms with Gasteiger partial charge < -0.3 is 9.47 Å². The molecule has 0 saturated carbocycles. The quantitative estimate of drug-likeness (QED) is 0.729. The summed E-state index contributed by atoms with van der Waals surface area (Å²) in [5.74, 6) is 0.992. The number of fused-ring (bicyclic) bond motifs is 1. The average Bonchev–Trinajstić information content (AvgIpc) is 3.14. The van der Waals surface area contributed by atoms with Gasteiger partial charge in [-0.15, -0.1) is 0 Å². The number of amides is 1. The third-order valence-electron chi connectivity index (χ3n) is 4.33. The van der Waals surface area contributed by atoms with Gasteiger partial charge in [0.05, 0.1) is 0 Å². The highest BCUT2D eigenvalue weighted by Crippen LogP contribution is 2.31. The normalized spacial score (nSPS) is 18.3. The fourth-order valence-electron chi connectivity index (χ4n) is 3.15. The van der Waals surface area contributed by atoms with Crippen LogP contribution in [-0.2, 0) is 4.79 Å². The third-order valence-corrected chi connectivity index (χ3v) is 4.33. The van der Waals surface area contributed by atoms with Crippen molar-refractivity contribution in [2.45, 2.75) is 12.5 Å². The van der Waals surface area contributed by atoms with Crippen LogP contribution >= 0.6 is 0 Å². The second kappa shape index (κ2) is 4.94. The number of carbonyl (C=O) groups is 1. The van der Waals surface area contributed by atoms with E-state index < -0.39 is 0 Å². The summed E-state index contributed by atoms with van der Waals surface area (Å²) >= 11 is 0. The van der Waals surface area contributed by atoms with Crippen LogP contribution in [0.3, 0.4) is 0 Å². The maximum absolute atomic E-state index is 12.3. The zero-order valence-electron chi connectivity index (χ0n) is 12.3. The van der Waals surface area contributed by atoms with E-state index >= 15 is 0 Å². The van der Waals surface area contributed by atoms with Gasteiger partial charge >= 0.3 is 0 Å². The molecule has 1 aliphatic rings. The van der Waals surface area contributed by atoms with E-state index in [2.05, 4.69) is 9.97 Å². The first-order valence-corrected chi connectivity index (χ1v) is 7.36. The highest BCUT2D eigenvalue weighted by molar-refractivity contribution is 5.95. The molecular formula is C17H16N4O. The fraction of sp³-hybridized carbons (Fsp3) is 0.235. The molecule has 2 aromatic heterocycles. The van der Waals surface area contributed by atoms with Crippen molar-refractivity contribution in [1.29, 1.82) is 0 Å². The van der Waals surface area contributed by atoms with E-state index in [1.807, 2.05) is 48.3 Å². The molecule has 1 unspecified atom stereocenters. The largest absolute Gasteiger partial charge is 0.344 e. The predicted octanol–water partition coefficient (Wildman–Crippen LogP) is 2.50. The molecule has 0 bridgehead atoms. The number of pyridine rings is 1. The van der Waals surface area contributed by atoms with Crippen LogP contribution < -0.4 is 0 Å². The van der Waals surface area contributed by atoms with Crippen LogP contribution in [-0.4, -0.2) is 38.9 Å². The minimum absolute atomic E-state index is 0.153. The fourth-order valence-corrected chi connectivity index (χ4v) is 3.15. The van der Waals surface area contributed by atoms with Gasteiger partial charge in [0, 0.05) is 49.3 Å². The van der Waals surface area contributed by atoms with Gasteiger partial charge in [-0.25, -0.2) is 4.98 Å². The summed E-state index contributed by atoms with van der Waals surface area (Å²) in [5.41, 5.74) is 1.03. The molecule has 3 aromatic rings. The minimum Gasteiger partial charge on any atom is -0.344 e. The first-order chi connectivity index (χ1) is 10.8. The van der Waals surface area contributed by atoms with Crippen molar-refractivity contribution in [1.82, 2.24) is 19.4 Å². The molecular weight excluding hydrogens is 276 g/mol. The van der Waals surface area contributed by atoms with Crippen LogP contribution in [0.15, 0.2) is 49.1 Å². The highest BCUT2D eigenvalue weighted by Gasteiger charge is 2.32. The van der Waals surface area contributed by atoms with Crippen LogP contribution in [0.25, 0.3) is 22.2 Å². The Morgan fingerprint density at radius 1 is 1.23 bits per heavy atom. The standard InChI is InChI=1S/C17H16N4O/c1-20-9-6-15(17(20)22)21-10-8-19-16(21)14-4-2-3-12-11-18-7-5-13(12)14/h2-5,7-8,10-11,15H,6,9H2,1H3. The summed E-state index contributed by atoms with van der Waals surface area (Å²) in [5, 5.41) is 2.17. The van der Waals surface area contributed by atoms with Crippen LogP contribution in [0.5, 0.6) is 0 Å². The van der Waals surface area contributed by atoms with E-state index in [9.17, 15) is 4.79 Å². The number of likely N-dealkylation sites (N-methyl/N-ethyl adjacent to an activating group) is 1. The molecule has 1 aliphatic heterocycles. The Hall–Kier alpha value is -2.69. The lowest BCUT2D eigenvalue weighted by Gasteiger charge is -2.15. The first kappa shape index (κ1) is 13.0. The second-order valence-electron chi connectivity index (χ2n) is 5.62. The SMILES string of the molecule is CN1CCC(n2ccnc2-c2cccc3cnccc23)C1=O. The van der Waals surface area contributed by atoms with Gasteiger partial charge in [0.25, 0.3) is 0 Å². The molecule has 1 saturated heterocycles. The highest BCUT2D eigenvalue weighted by atomic mass is 16.2. The molecule has 1 fully saturated rings. The number of aromatic nitrogens is 3. The van der Waals surface area contributed by atoms with Gasteiger partial charge in [0.1, 0.15) is 11.9 Å². The summed E-state index contributed by atoms with van der Waals surface area (Å²) in [6.07, 6.45) is 8.12. The van der Waals surface area contributed by atoms with Crippen molar-refractivity contribution in [3.05, 3.63) is 49.1 Å². The molecule has 3 heterocycles. The third kappa shape index (κ3) is 1.89. The van der Waals surface area contributed by atoms with E-state index in [1.165, 1.54) is 0 Å². The van der Waals surface area contributed by atoms with Gasteiger partial charge in [-0.3, -0.25) is 9.78 Å². The molecule has 0 spiro atoms. The van der Waals surface area contributed by atoms with Crippen molar-refractivity contribution >= 4 is 16.7 Å². The number of hydrogen-bond acceptors (Lipinski definition) is 3. The van der Waals surface area contributed by atoms with E-state index in [4.69, 9.17) is 0 Å². The summed E-state index contributed by atoms with van der Waals surface area (Å²) in [7, 11) is 1.85. The lowest BCUT2D eigenvalue weighted by Crippen LogP contribution is -2.24. The van der Waals surface area contributed by atoms with Crippen molar-refractivity contribution < 1.29 is 4.79 Å². The average molecular weight is 292 g/mol. The topological polar surface area (TPSA) is 51.0 Å². The van der Waals surface area contributed by atoms with Crippen LogP contribution in [0.2, 0.25) is 0 Å². The van der Waals surface area contributed by atoms with Crippen LogP contribution in [0, 0.1) is 0 Å². The monoisotopic (exact) mass is 292 g/mol. The number of carbonyl (C=O) groups excluding carboxylic acids is 1. The number of rotatable bonds is 2. The molecule has 5 heteroatoms. The van der Waals surface area contributed by atoms with E-state index in [-0.39, 0.29) is 11.9 Å². The molecule has 1 amide bonds. The minimum atomic E-state index is -0.153. The van der Waals surface area contributed by atoms with Gasteiger partial charge in [-0.1, -0.05) is 18.2 Å².